The molecule has 7 heteroatoms. The predicted octanol–water partition coefficient (Wildman–Crippen LogP) is 5.40. The van der Waals surface area contributed by atoms with Crippen molar-refractivity contribution in [2.45, 2.75) is 19.3 Å². The van der Waals surface area contributed by atoms with Crippen LogP contribution in [0.25, 0.3) is 22.4 Å². The monoisotopic (exact) mass is 459 g/mol. The van der Waals surface area contributed by atoms with Crippen molar-refractivity contribution < 1.29 is 14.3 Å². The van der Waals surface area contributed by atoms with Gasteiger partial charge in [0.25, 0.3) is 0 Å². The highest BCUT2D eigenvalue weighted by atomic mass is 35.5. The molecule has 5 rings (SSSR count). The van der Waals surface area contributed by atoms with E-state index in [2.05, 4.69) is 4.98 Å². The number of benzene rings is 3. The lowest BCUT2D eigenvalue weighted by atomic mass is 9.86. The Morgan fingerprint density at radius 3 is 2.45 bits per heavy atom. The molecule has 0 bridgehead atoms. The van der Waals surface area contributed by atoms with Gasteiger partial charge < -0.3 is 14.6 Å². The summed E-state index contributed by atoms with van der Waals surface area (Å²) in [6.45, 7) is 3.72. The SMILES string of the molecule is COc1ccc(-c2nc3cc4c(cc3[nH]2)C(C)(C)C(=O)N4CC(=O)c2ccc(Cl)cc2)cc1. The number of hydrogen-bond acceptors (Lipinski definition) is 4. The molecule has 4 aromatic rings. The Bertz CT molecular complexity index is 1390. The zero-order chi connectivity index (χ0) is 23.3. The molecular formula is C26H22ClN3O3. The van der Waals surface area contributed by atoms with E-state index in [-0.39, 0.29) is 18.2 Å². The van der Waals surface area contributed by atoms with E-state index in [1.165, 1.54) is 0 Å². The van der Waals surface area contributed by atoms with Gasteiger partial charge in [0.05, 0.1) is 35.8 Å². The lowest BCUT2D eigenvalue weighted by molar-refractivity contribution is -0.122. The molecule has 1 aliphatic heterocycles. The fourth-order valence-corrected chi connectivity index (χ4v) is 4.37. The molecule has 0 saturated heterocycles. The number of Topliss-reactive ketones (excluding diaryl/α,β-unsaturated/α-hetero) is 1. The third-order valence-electron chi connectivity index (χ3n) is 6.17. The second-order valence-electron chi connectivity index (χ2n) is 8.65. The van der Waals surface area contributed by atoms with Crippen molar-refractivity contribution in [2.75, 3.05) is 18.6 Å². The van der Waals surface area contributed by atoms with Gasteiger partial charge in [-0.2, -0.15) is 0 Å². The van der Waals surface area contributed by atoms with Gasteiger partial charge >= 0.3 is 0 Å². The van der Waals surface area contributed by atoms with Gasteiger partial charge in [-0.25, -0.2) is 4.98 Å². The van der Waals surface area contributed by atoms with Crippen LogP contribution < -0.4 is 9.64 Å². The summed E-state index contributed by atoms with van der Waals surface area (Å²) in [5.41, 5.74) is 3.84. The summed E-state index contributed by atoms with van der Waals surface area (Å²) in [7, 11) is 1.63. The molecule has 0 atom stereocenters. The number of nitrogens with one attached hydrogen (secondary N) is 1. The summed E-state index contributed by atoms with van der Waals surface area (Å²) in [5, 5.41) is 0.559. The number of carbonyl (C=O) groups is 2. The molecule has 6 nitrogen and oxygen atoms in total. The molecule has 0 unspecified atom stereocenters. The maximum atomic E-state index is 13.3. The number of hydrogen-bond donors (Lipinski definition) is 1. The van der Waals surface area contributed by atoms with Gasteiger partial charge in [0.2, 0.25) is 5.91 Å². The Kier molecular flexibility index (Phi) is 4.98. The Hall–Kier alpha value is -3.64. The first-order valence-electron chi connectivity index (χ1n) is 10.6. The van der Waals surface area contributed by atoms with Crippen molar-refractivity contribution in [1.82, 2.24) is 9.97 Å². The van der Waals surface area contributed by atoms with E-state index in [1.807, 2.05) is 50.2 Å². The highest BCUT2D eigenvalue weighted by Crippen LogP contribution is 2.43. The molecule has 1 N–H and O–H groups in total. The molecule has 1 aromatic heterocycles. The van der Waals surface area contributed by atoms with E-state index in [9.17, 15) is 9.59 Å². The second-order valence-corrected chi connectivity index (χ2v) is 9.08. The Morgan fingerprint density at radius 2 is 1.79 bits per heavy atom. The minimum atomic E-state index is -0.755. The third-order valence-corrected chi connectivity index (χ3v) is 6.43. The summed E-state index contributed by atoms with van der Waals surface area (Å²) in [6.07, 6.45) is 0. The average Bonchev–Trinajstić information content (AvgIpc) is 3.31. The number of carbonyl (C=O) groups excluding carboxylic acids is 2. The lowest BCUT2D eigenvalue weighted by Gasteiger charge is -2.19. The van der Waals surface area contributed by atoms with Crippen LogP contribution in [0.2, 0.25) is 5.02 Å². The van der Waals surface area contributed by atoms with Gasteiger partial charge in [-0.05, 0) is 80.1 Å². The van der Waals surface area contributed by atoms with Crippen molar-refractivity contribution in [3.63, 3.8) is 0 Å². The van der Waals surface area contributed by atoms with Crippen molar-refractivity contribution in [3.8, 4) is 17.1 Å². The molecule has 166 valence electrons. The Balaban J connectivity index is 1.53. The molecule has 0 saturated carbocycles. The highest BCUT2D eigenvalue weighted by molar-refractivity contribution is 6.30. The molecule has 33 heavy (non-hydrogen) atoms. The van der Waals surface area contributed by atoms with Crippen LogP contribution in [0.4, 0.5) is 5.69 Å². The summed E-state index contributed by atoms with van der Waals surface area (Å²) >= 11 is 5.94. The number of anilines is 1. The van der Waals surface area contributed by atoms with Gasteiger partial charge in [0.1, 0.15) is 11.6 Å². The lowest BCUT2D eigenvalue weighted by Crippen LogP contribution is -2.39. The number of aromatic amines is 1. The smallest absolute Gasteiger partial charge is 0.237 e. The fraction of sp³-hybridized carbons (Fsp3) is 0.192. The average molecular weight is 460 g/mol. The standard InChI is InChI=1S/C26H22ClN3O3/c1-26(2)19-12-20-21(29-24(28-20)16-6-10-18(33-3)11-7-16)13-22(19)30(25(26)32)14-23(31)15-4-8-17(27)9-5-15/h4-13H,14H2,1-3H3,(H,28,29). The van der Waals surface area contributed by atoms with Crippen LogP contribution in [0.3, 0.4) is 0 Å². The molecule has 0 radical (unpaired) electrons. The van der Waals surface area contributed by atoms with Crippen molar-refractivity contribution in [1.29, 1.82) is 0 Å². The molecule has 1 aliphatic rings. The van der Waals surface area contributed by atoms with Crippen molar-refractivity contribution in [3.05, 3.63) is 76.8 Å². The number of fused-ring (bicyclic) bond motifs is 2. The zero-order valence-electron chi connectivity index (χ0n) is 18.5. The van der Waals surface area contributed by atoms with Crippen LogP contribution in [0.5, 0.6) is 5.75 Å². The van der Waals surface area contributed by atoms with E-state index in [0.717, 1.165) is 33.7 Å². The van der Waals surface area contributed by atoms with Crippen molar-refractivity contribution >= 4 is 40.0 Å². The largest absolute Gasteiger partial charge is 0.497 e. The topological polar surface area (TPSA) is 75.3 Å². The van der Waals surface area contributed by atoms with Crippen LogP contribution in [-0.4, -0.2) is 35.3 Å². The van der Waals surface area contributed by atoms with Crippen LogP contribution in [0.15, 0.2) is 60.7 Å². The number of amides is 1. The first-order chi connectivity index (χ1) is 15.8. The number of aromatic nitrogens is 2. The maximum absolute atomic E-state index is 13.3. The van der Waals surface area contributed by atoms with Gasteiger partial charge in [0, 0.05) is 16.1 Å². The van der Waals surface area contributed by atoms with Crippen LogP contribution in [0.1, 0.15) is 29.8 Å². The quantitative estimate of drug-likeness (QED) is 0.405. The molecule has 1 amide bonds. The van der Waals surface area contributed by atoms with Gasteiger partial charge in [-0.1, -0.05) is 11.6 Å². The molecule has 0 spiro atoms. The number of ether oxygens (including phenoxy) is 1. The van der Waals surface area contributed by atoms with Gasteiger partial charge in [0.15, 0.2) is 5.78 Å². The summed E-state index contributed by atoms with van der Waals surface area (Å²) < 4.78 is 5.23. The van der Waals surface area contributed by atoms with Gasteiger partial charge in [-0.15, -0.1) is 0 Å². The van der Waals surface area contributed by atoms with E-state index in [4.69, 9.17) is 21.3 Å². The zero-order valence-corrected chi connectivity index (χ0v) is 19.2. The van der Waals surface area contributed by atoms with Crippen LogP contribution >= 0.6 is 11.6 Å². The molecule has 0 aliphatic carbocycles. The van der Waals surface area contributed by atoms with Crippen LogP contribution in [-0.2, 0) is 10.2 Å². The Labute approximate surface area is 196 Å². The van der Waals surface area contributed by atoms with E-state index in [0.29, 0.717) is 16.3 Å². The summed E-state index contributed by atoms with van der Waals surface area (Å²) in [4.78, 5) is 35.8. The first kappa shape index (κ1) is 21.2. The number of rotatable bonds is 5. The maximum Gasteiger partial charge on any atom is 0.237 e. The highest BCUT2D eigenvalue weighted by Gasteiger charge is 2.44. The number of methoxy groups -OCH3 is 1. The molecule has 0 fully saturated rings. The predicted molar refractivity (Wildman–Crippen MR) is 129 cm³/mol. The molecule has 3 aromatic carbocycles. The number of H-pyrrole nitrogens is 1. The van der Waals surface area contributed by atoms with E-state index >= 15 is 0 Å². The Morgan fingerprint density at radius 1 is 1.09 bits per heavy atom. The summed E-state index contributed by atoms with van der Waals surface area (Å²) in [5.74, 6) is 1.24. The molecular weight excluding hydrogens is 438 g/mol. The van der Waals surface area contributed by atoms with Gasteiger partial charge in [-0.3, -0.25) is 9.59 Å². The molecule has 2 heterocycles. The number of imidazole rings is 1. The minimum Gasteiger partial charge on any atom is -0.497 e. The number of halogens is 1. The third kappa shape index (κ3) is 3.56. The van der Waals surface area contributed by atoms with Crippen LogP contribution in [0, 0.1) is 0 Å². The van der Waals surface area contributed by atoms with E-state index in [1.54, 1.807) is 36.3 Å². The summed E-state index contributed by atoms with van der Waals surface area (Å²) in [6, 6.07) is 18.2. The number of nitrogens with zero attached hydrogens (tertiary/aromatic N) is 2. The fourth-order valence-electron chi connectivity index (χ4n) is 4.24. The second kappa shape index (κ2) is 7.74. The minimum absolute atomic E-state index is 0.0435. The first-order valence-corrected chi connectivity index (χ1v) is 10.9. The number of ketones is 1. The van der Waals surface area contributed by atoms with E-state index < -0.39 is 5.41 Å². The van der Waals surface area contributed by atoms with Crippen molar-refractivity contribution in [2.24, 2.45) is 0 Å². The normalized spacial score (nSPS) is 14.5.